The van der Waals surface area contributed by atoms with Crippen molar-refractivity contribution in [2.45, 2.75) is 91.5 Å². The van der Waals surface area contributed by atoms with Crippen LogP contribution in [0.25, 0.3) is 0 Å². The van der Waals surface area contributed by atoms with E-state index >= 15 is 0 Å². The van der Waals surface area contributed by atoms with Crippen molar-refractivity contribution in [3.8, 4) is 0 Å². The highest BCUT2D eigenvalue weighted by Gasteiger charge is 2.47. The SMILES string of the molecule is C=CCCC(=O)C(=C)C(CCC)CC(=O)C1C(C(C)(C)C)CCN1C(=O)CC1Cc2ccccc2C1. The van der Waals surface area contributed by atoms with Crippen LogP contribution in [0.2, 0.25) is 0 Å². The van der Waals surface area contributed by atoms with Crippen molar-refractivity contribution in [3.05, 3.63) is 60.2 Å². The maximum absolute atomic E-state index is 13.9. The van der Waals surface area contributed by atoms with Gasteiger partial charge in [0.05, 0.1) is 6.04 Å². The van der Waals surface area contributed by atoms with Gasteiger partial charge in [-0.3, -0.25) is 14.4 Å². The molecule has 3 rings (SSSR count). The lowest BCUT2D eigenvalue weighted by atomic mass is 9.73. The first-order valence-electron chi connectivity index (χ1n) is 13.8. The van der Waals surface area contributed by atoms with E-state index in [0.29, 0.717) is 37.3 Å². The fourth-order valence-electron chi connectivity index (χ4n) is 6.27. The number of benzene rings is 1. The van der Waals surface area contributed by atoms with E-state index in [1.54, 1.807) is 6.08 Å². The Morgan fingerprint density at radius 3 is 2.33 bits per heavy atom. The summed E-state index contributed by atoms with van der Waals surface area (Å²) in [6, 6.07) is 8.03. The third-order valence-corrected chi connectivity index (χ3v) is 8.27. The molecular weight excluding hydrogens is 446 g/mol. The maximum Gasteiger partial charge on any atom is 0.223 e. The van der Waals surface area contributed by atoms with Crippen molar-refractivity contribution < 1.29 is 14.4 Å². The van der Waals surface area contributed by atoms with Crippen molar-refractivity contribution in [1.29, 1.82) is 0 Å². The summed E-state index contributed by atoms with van der Waals surface area (Å²) in [5, 5.41) is 0. The molecule has 0 radical (unpaired) electrons. The first-order chi connectivity index (χ1) is 17.1. The Morgan fingerprint density at radius 1 is 1.14 bits per heavy atom. The zero-order valence-corrected chi connectivity index (χ0v) is 22.9. The van der Waals surface area contributed by atoms with Crippen LogP contribution in [0.1, 0.15) is 83.8 Å². The lowest BCUT2D eigenvalue weighted by Gasteiger charge is -2.35. The van der Waals surface area contributed by atoms with Crippen LogP contribution >= 0.6 is 0 Å². The Hall–Kier alpha value is -2.49. The summed E-state index contributed by atoms with van der Waals surface area (Å²) >= 11 is 0. The molecule has 1 saturated heterocycles. The smallest absolute Gasteiger partial charge is 0.223 e. The molecule has 1 aromatic carbocycles. The molecule has 3 atom stereocenters. The van der Waals surface area contributed by atoms with E-state index < -0.39 is 6.04 Å². The first kappa shape index (κ1) is 28.1. The second-order valence-electron chi connectivity index (χ2n) is 12.0. The van der Waals surface area contributed by atoms with Gasteiger partial charge in [0.1, 0.15) is 0 Å². The second kappa shape index (κ2) is 12.2. The van der Waals surface area contributed by atoms with Crippen molar-refractivity contribution in [1.82, 2.24) is 4.90 Å². The normalized spacial score (nSPS) is 20.7. The van der Waals surface area contributed by atoms with Crippen molar-refractivity contribution in [2.75, 3.05) is 6.54 Å². The summed E-state index contributed by atoms with van der Waals surface area (Å²) in [6.07, 6.45) is 7.85. The number of likely N-dealkylation sites (tertiary alicyclic amines) is 1. The largest absolute Gasteiger partial charge is 0.332 e. The second-order valence-corrected chi connectivity index (χ2v) is 12.0. The monoisotopic (exact) mass is 491 g/mol. The Balaban J connectivity index is 1.75. The number of Topliss-reactive ketones (excluding diaryl/α,β-unsaturated/α-hetero) is 2. The summed E-state index contributed by atoms with van der Waals surface area (Å²) in [7, 11) is 0. The fraction of sp³-hybridized carbons (Fsp3) is 0.594. The molecular formula is C32H45NO3. The number of amides is 1. The van der Waals surface area contributed by atoms with Crippen molar-refractivity contribution in [3.63, 3.8) is 0 Å². The van der Waals surface area contributed by atoms with Crippen LogP contribution < -0.4 is 0 Å². The lowest BCUT2D eigenvalue weighted by molar-refractivity contribution is -0.140. The number of allylic oxidation sites excluding steroid dienone is 2. The Morgan fingerprint density at radius 2 is 1.78 bits per heavy atom. The average Bonchev–Trinajstić information content (AvgIpc) is 3.45. The molecule has 0 saturated carbocycles. The molecule has 0 spiro atoms. The van der Waals surface area contributed by atoms with Gasteiger partial charge in [-0.2, -0.15) is 0 Å². The minimum absolute atomic E-state index is 0.0219. The Labute approximate surface area is 218 Å². The van der Waals surface area contributed by atoms with E-state index in [9.17, 15) is 14.4 Å². The van der Waals surface area contributed by atoms with Crippen LogP contribution in [-0.2, 0) is 27.2 Å². The number of nitrogens with zero attached hydrogens (tertiary/aromatic N) is 1. The molecule has 4 heteroatoms. The maximum atomic E-state index is 13.9. The Bertz CT molecular complexity index is 960. The minimum atomic E-state index is -0.420. The minimum Gasteiger partial charge on any atom is -0.332 e. The number of rotatable bonds is 12. The third kappa shape index (κ3) is 6.63. The zero-order chi connectivity index (χ0) is 26.5. The molecule has 1 heterocycles. The number of fused-ring (bicyclic) bond motifs is 1. The fourth-order valence-corrected chi connectivity index (χ4v) is 6.27. The van der Waals surface area contributed by atoms with E-state index in [1.165, 1.54) is 11.1 Å². The predicted octanol–water partition coefficient (Wildman–Crippen LogP) is 6.52. The highest BCUT2D eigenvalue weighted by atomic mass is 16.2. The molecule has 2 aliphatic rings. The number of ketones is 2. The molecule has 36 heavy (non-hydrogen) atoms. The van der Waals surface area contributed by atoms with Gasteiger partial charge >= 0.3 is 0 Å². The number of carbonyl (C=O) groups is 3. The van der Waals surface area contributed by atoms with E-state index in [4.69, 9.17) is 0 Å². The van der Waals surface area contributed by atoms with Gasteiger partial charge in [0.25, 0.3) is 0 Å². The third-order valence-electron chi connectivity index (χ3n) is 8.27. The zero-order valence-electron chi connectivity index (χ0n) is 22.9. The highest BCUT2D eigenvalue weighted by Crippen LogP contribution is 2.41. The molecule has 3 unspecified atom stereocenters. The molecule has 1 fully saturated rings. The number of hydrogen-bond acceptors (Lipinski definition) is 3. The van der Waals surface area contributed by atoms with E-state index in [0.717, 1.165) is 32.1 Å². The summed E-state index contributed by atoms with van der Waals surface area (Å²) in [5.41, 5.74) is 3.16. The molecule has 4 nitrogen and oxygen atoms in total. The standard InChI is InChI=1S/C32H45NO3/c1-7-9-15-28(34)22(3)24(12-8-2)21-29(35)31-27(32(4,5)6)16-17-33(31)30(36)20-23-18-25-13-10-11-14-26(25)19-23/h7,10-11,13-14,23-24,27,31H,1,3,8-9,12,15-21H2,2,4-6H3. The molecule has 196 valence electrons. The van der Waals surface area contributed by atoms with Gasteiger partial charge in [-0.1, -0.05) is 71.0 Å². The number of carbonyl (C=O) groups excluding carboxylic acids is 3. The molecule has 1 aromatic rings. The Kier molecular flexibility index (Phi) is 9.49. The van der Waals surface area contributed by atoms with Gasteiger partial charge in [0.2, 0.25) is 5.91 Å². The van der Waals surface area contributed by atoms with Crippen molar-refractivity contribution >= 4 is 17.5 Å². The summed E-state index contributed by atoms with van der Waals surface area (Å²) in [5.74, 6) is 0.463. The van der Waals surface area contributed by atoms with Crippen LogP contribution in [0.3, 0.4) is 0 Å². The van der Waals surface area contributed by atoms with Crippen LogP contribution in [0.4, 0.5) is 0 Å². The topological polar surface area (TPSA) is 54.5 Å². The molecule has 1 aliphatic carbocycles. The summed E-state index contributed by atoms with van der Waals surface area (Å²) in [6.45, 7) is 17.0. The summed E-state index contributed by atoms with van der Waals surface area (Å²) < 4.78 is 0. The van der Waals surface area contributed by atoms with Crippen LogP contribution in [0.5, 0.6) is 0 Å². The van der Waals surface area contributed by atoms with E-state index in [2.05, 4.69) is 65.1 Å². The molecule has 1 aliphatic heterocycles. The predicted molar refractivity (Wildman–Crippen MR) is 147 cm³/mol. The molecule has 0 aromatic heterocycles. The van der Waals surface area contributed by atoms with Crippen molar-refractivity contribution in [2.24, 2.45) is 23.2 Å². The van der Waals surface area contributed by atoms with Gasteiger partial charge in [-0.15, -0.1) is 6.58 Å². The van der Waals surface area contributed by atoms with Gasteiger partial charge in [-0.05, 0) is 72.0 Å². The highest BCUT2D eigenvalue weighted by molar-refractivity contribution is 5.97. The van der Waals surface area contributed by atoms with E-state index in [1.807, 2.05) is 4.90 Å². The molecule has 0 bridgehead atoms. The molecule has 0 N–H and O–H groups in total. The van der Waals surface area contributed by atoms with Crippen LogP contribution in [-0.4, -0.2) is 35.0 Å². The van der Waals surface area contributed by atoms with E-state index in [-0.39, 0.29) is 41.1 Å². The van der Waals surface area contributed by atoms with Gasteiger partial charge in [-0.25, -0.2) is 0 Å². The first-order valence-corrected chi connectivity index (χ1v) is 13.8. The quantitative estimate of drug-likeness (QED) is 0.247. The summed E-state index contributed by atoms with van der Waals surface area (Å²) in [4.78, 5) is 42.1. The van der Waals surface area contributed by atoms with Crippen LogP contribution in [0.15, 0.2) is 49.1 Å². The molecule has 1 amide bonds. The lowest BCUT2D eigenvalue weighted by Crippen LogP contribution is -2.47. The van der Waals surface area contributed by atoms with Gasteiger partial charge in [0, 0.05) is 25.8 Å². The van der Waals surface area contributed by atoms with Crippen LogP contribution in [0, 0.1) is 23.2 Å². The van der Waals surface area contributed by atoms with Gasteiger partial charge in [0.15, 0.2) is 11.6 Å². The number of hydrogen-bond donors (Lipinski definition) is 0. The van der Waals surface area contributed by atoms with Gasteiger partial charge < -0.3 is 4.90 Å². The average molecular weight is 492 g/mol.